The van der Waals surface area contributed by atoms with Gasteiger partial charge in [0.15, 0.2) is 0 Å². The molecule has 0 amide bonds. The lowest BCUT2D eigenvalue weighted by Gasteiger charge is -2.16. The van der Waals surface area contributed by atoms with E-state index in [4.69, 9.17) is 0 Å². The van der Waals surface area contributed by atoms with E-state index in [1.807, 2.05) is 16.7 Å². The van der Waals surface area contributed by atoms with Gasteiger partial charge in [0, 0.05) is 56.5 Å². The average molecular weight is 332 g/mol. The highest BCUT2D eigenvalue weighted by molar-refractivity contribution is 7.89. The molecule has 1 atom stereocenters. The van der Waals surface area contributed by atoms with Gasteiger partial charge in [0.05, 0.1) is 6.20 Å². The first-order valence-electron chi connectivity index (χ1n) is 7.32. The zero-order chi connectivity index (χ0) is 16.0. The Bertz CT molecular complexity index is 960. The lowest BCUT2D eigenvalue weighted by atomic mass is 10.0. The van der Waals surface area contributed by atoms with Crippen molar-refractivity contribution < 1.29 is 8.42 Å². The Labute approximate surface area is 133 Å². The Morgan fingerprint density at radius 3 is 2.87 bits per heavy atom. The number of aryl methyl sites for hydroxylation is 1. The third-order valence-electron chi connectivity index (χ3n) is 4.22. The first-order valence-corrected chi connectivity index (χ1v) is 8.76. The summed E-state index contributed by atoms with van der Waals surface area (Å²) in [6.07, 6.45) is 8.97. The summed E-state index contributed by atoms with van der Waals surface area (Å²) in [5.74, 6) is 0.761. The summed E-state index contributed by atoms with van der Waals surface area (Å²) in [4.78, 5) is 8.62. The van der Waals surface area contributed by atoms with E-state index in [-0.39, 0.29) is 10.8 Å². The zero-order valence-corrected chi connectivity index (χ0v) is 13.4. The van der Waals surface area contributed by atoms with Crippen LogP contribution in [0.1, 0.15) is 18.0 Å². The summed E-state index contributed by atoms with van der Waals surface area (Å²) in [5, 5.41) is 3.96. The normalized spacial score (nSPS) is 19.6. The number of nitrogens with zero attached hydrogens (tertiary/aromatic N) is 6. The zero-order valence-electron chi connectivity index (χ0n) is 12.6. The van der Waals surface area contributed by atoms with Crippen molar-refractivity contribution in [1.29, 1.82) is 0 Å². The van der Waals surface area contributed by atoms with Crippen LogP contribution < -0.4 is 0 Å². The van der Waals surface area contributed by atoms with Crippen LogP contribution in [0.2, 0.25) is 0 Å². The molecule has 0 aliphatic carbocycles. The van der Waals surface area contributed by atoms with Gasteiger partial charge in [-0.3, -0.25) is 9.08 Å². The maximum absolute atomic E-state index is 12.7. The Morgan fingerprint density at radius 2 is 2.09 bits per heavy atom. The van der Waals surface area contributed by atoms with Crippen LogP contribution in [0.5, 0.6) is 0 Å². The number of imidazole rings is 1. The van der Waals surface area contributed by atoms with Crippen molar-refractivity contribution in [2.75, 3.05) is 13.1 Å². The van der Waals surface area contributed by atoms with Crippen molar-refractivity contribution in [2.45, 2.75) is 17.2 Å². The Kier molecular flexibility index (Phi) is 3.20. The lowest BCUT2D eigenvalue weighted by Crippen LogP contribution is -2.28. The highest BCUT2D eigenvalue weighted by Gasteiger charge is 2.34. The highest BCUT2D eigenvalue weighted by Crippen LogP contribution is 2.30. The fourth-order valence-electron chi connectivity index (χ4n) is 3.05. The SMILES string of the molecule is Cn1cc(S(=O)(=O)N2CCC(c3ccnc4nccn34)C2)cn1. The van der Waals surface area contributed by atoms with Gasteiger partial charge >= 0.3 is 0 Å². The minimum Gasteiger partial charge on any atom is -0.288 e. The molecule has 1 aliphatic heterocycles. The van der Waals surface area contributed by atoms with E-state index in [1.54, 1.807) is 19.4 Å². The molecule has 0 aromatic carbocycles. The molecule has 1 fully saturated rings. The van der Waals surface area contributed by atoms with Crippen molar-refractivity contribution in [3.8, 4) is 0 Å². The molecule has 23 heavy (non-hydrogen) atoms. The third kappa shape index (κ3) is 2.32. The van der Waals surface area contributed by atoms with Crippen LogP contribution in [0, 0.1) is 0 Å². The van der Waals surface area contributed by atoms with Gasteiger partial charge in [-0.25, -0.2) is 18.4 Å². The fourth-order valence-corrected chi connectivity index (χ4v) is 4.54. The molecule has 0 saturated carbocycles. The van der Waals surface area contributed by atoms with Gasteiger partial charge < -0.3 is 0 Å². The molecule has 1 saturated heterocycles. The molecule has 0 radical (unpaired) electrons. The summed E-state index contributed by atoms with van der Waals surface area (Å²) in [6.45, 7) is 0.953. The first kappa shape index (κ1) is 14.3. The smallest absolute Gasteiger partial charge is 0.246 e. The Morgan fingerprint density at radius 1 is 1.26 bits per heavy atom. The molecule has 0 N–H and O–H groups in total. The second-order valence-electron chi connectivity index (χ2n) is 5.67. The van der Waals surface area contributed by atoms with Crippen LogP contribution in [0.15, 0.2) is 41.9 Å². The molecule has 4 rings (SSSR count). The molecule has 1 unspecified atom stereocenters. The van der Waals surface area contributed by atoms with Gasteiger partial charge in [-0.15, -0.1) is 0 Å². The summed E-state index contributed by atoms with van der Waals surface area (Å²) in [7, 11) is -1.78. The number of aromatic nitrogens is 5. The number of rotatable bonds is 3. The average Bonchev–Trinajstić information content (AvgIpc) is 3.26. The van der Waals surface area contributed by atoms with Crippen LogP contribution in [-0.2, 0) is 17.1 Å². The fraction of sp³-hybridized carbons (Fsp3) is 0.357. The minimum absolute atomic E-state index is 0.126. The number of fused-ring (bicyclic) bond motifs is 1. The molecule has 0 bridgehead atoms. The maximum atomic E-state index is 12.7. The van der Waals surface area contributed by atoms with E-state index in [9.17, 15) is 8.42 Å². The minimum atomic E-state index is -3.49. The maximum Gasteiger partial charge on any atom is 0.246 e. The van der Waals surface area contributed by atoms with Gasteiger partial charge in [-0.05, 0) is 12.5 Å². The molecule has 120 valence electrons. The molecule has 3 aromatic rings. The summed E-state index contributed by atoms with van der Waals surface area (Å²) in [6, 6.07) is 1.93. The topological polar surface area (TPSA) is 85.4 Å². The lowest BCUT2D eigenvalue weighted by molar-refractivity contribution is 0.471. The Balaban J connectivity index is 1.63. The quantitative estimate of drug-likeness (QED) is 0.703. The molecular formula is C14H16N6O2S. The molecule has 4 heterocycles. The monoisotopic (exact) mass is 332 g/mol. The second kappa shape index (κ2) is 5.14. The predicted octanol–water partition coefficient (Wildman–Crippen LogP) is 0.641. The van der Waals surface area contributed by atoms with Gasteiger partial charge in [0.1, 0.15) is 4.90 Å². The van der Waals surface area contributed by atoms with E-state index in [1.165, 1.54) is 21.4 Å². The van der Waals surface area contributed by atoms with Crippen molar-refractivity contribution >= 4 is 15.8 Å². The van der Waals surface area contributed by atoms with Crippen LogP contribution in [-0.4, -0.2) is 50.0 Å². The molecular weight excluding hydrogens is 316 g/mol. The number of hydrogen-bond acceptors (Lipinski definition) is 5. The van der Waals surface area contributed by atoms with E-state index in [0.29, 0.717) is 18.9 Å². The Hall–Kier alpha value is -2.26. The summed E-state index contributed by atoms with van der Waals surface area (Å²) in [5.41, 5.74) is 1.04. The van der Waals surface area contributed by atoms with Crippen molar-refractivity contribution in [3.05, 3.63) is 42.7 Å². The number of hydrogen-bond donors (Lipinski definition) is 0. The standard InChI is InChI=1S/C14H16N6O2S/c1-18-10-12(8-17-18)23(21,22)19-6-3-11(9-19)13-2-4-15-14-16-5-7-20(13)14/h2,4-5,7-8,10-11H,3,6,9H2,1H3. The molecule has 8 nitrogen and oxygen atoms in total. The van der Waals surface area contributed by atoms with E-state index < -0.39 is 10.0 Å². The number of sulfonamides is 1. The highest BCUT2D eigenvalue weighted by atomic mass is 32.2. The van der Waals surface area contributed by atoms with Gasteiger partial charge in [0.2, 0.25) is 15.8 Å². The molecule has 3 aromatic heterocycles. The summed E-state index contributed by atoms with van der Waals surface area (Å²) < 4.78 is 30.3. The van der Waals surface area contributed by atoms with Crippen LogP contribution >= 0.6 is 0 Å². The van der Waals surface area contributed by atoms with Crippen molar-refractivity contribution in [3.63, 3.8) is 0 Å². The van der Waals surface area contributed by atoms with Crippen LogP contribution in [0.25, 0.3) is 5.78 Å². The molecule has 1 aliphatic rings. The third-order valence-corrected chi connectivity index (χ3v) is 6.04. The van der Waals surface area contributed by atoms with Crippen molar-refractivity contribution in [2.24, 2.45) is 7.05 Å². The molecule has 9 heteroatoms. The van der Waals surface area contributed by atoms with Crippen molar-refractivity contribution in [1.82, 2.24) is 28.5 Å². The van der Waals surface area contributed by atoms with Gasteiger partial charge in [0.25, 0.3) is 0 Å². The first-order chi connectivity index (χ1) is 11.1. The van der Waals surface area contributed by atoms with Gasteiger partial charge in [-0.1, -0.05) is 0 Å². The van der Waals surface area contributed by atoms with E-state index in [2.05, 4.69) is 15.1 Å². The van der Waals surface area contributed by atoms with E-state index in [0.717, 1.165) is 12.1 Å². The predicted molar refractivity (Wildman–Crippen MR) is 82.3 cm³/mol. The van der Waals surface area contributed by atoms with E-state index >= 15 is 0 Å². The van der Waals surface area contributed by atoms with Crippen LogP contribution in [0.3, 0.4) is 0 Å². The largest absolute Gasteiger partial charge is 0.288 e. The van der Waals surface area contributed by atoms with Crippen LogP contribution in [0.4, 0.5) is 0 Å². The second-order valence-corrected chi connectivity index (χ2v) is 7.60. The van der Waals surface area contributed by atoms with Gasteiger partial charge in [-0.2, -0.15) is 9.40 Å². The molecule has 0 spiro atoms. The summed E-state index contributed by atoms with van der Waals surface area (Å²) >= 11 is 0.